The molecule has 0 saturated carbocycles. The van der Waals surface area contributed by atoms with Gasteiger partial charge in [0.1, 0.15) is 23.0 Å². The van der Waals surface area contributed by atoms with E-state index in [0.29, 0.717) is 17.9 Å². The van der Waals surface area contributed by atoms with Gasteiger partial charge in [0.25, 0.3) is 0 Å². The van der Waals surface area contributed by atoms with Gasteiger partial charge in [0, 0.05) is 18.1 Å². The predicted octanol–water partition coefficient (Wildman–Crippen LogP) is 9.30. The number of aliphatic carboxylic acids is 1. The fraction of sp³-hybridized carbons (Fsp3) is 0.167. The number of hydrogen-bond acceptors (Lipinski definition) is 3. The number of benzene rings is 4. The molecule has 4 rings (SSSR count). The molecule has 0 spiro atoms. The highest BCUT2D eigenvalue weighted by Gasteiger charge is 2.32. The second-order valence-electron chi connectivity index (χ2n) is 8.94. The molecule has 0 aromatic heterocycles. The molecular weight excluding hydrogens is 538 g/mol. The molecule has 4 aromatic rings. The summed E-state index contributed by atoms with van der Waals surface area (Å²) in [5.74, 6) is 0.168. The first-order valence-electron chi connectivity index (χ1n) is 12.0. The number of carbonyl (C=O) groups is 1. The number of alkyl halides is 6. The molecule has 4 aromatic carbocycles. The smallest absolute Gasteiger partial charge is 0.416 e. The van der Waals surface area contributed by atoms with Crippen LogP contribution in [0.25, 0.3) is 11.1 Å². The number of aryl methyl sites for hydroxylation is 2. The highest BCUT2D eigenvalue weighted by molar-refractivity contribution is 5.72. The molecule has 4 nitrogen and oxygen atoms in total. The predicted molar refractivity (Wildman–Crippen MR) is 136 cm³/mol. The van der Waals surface area contributed by atoms with Crippen LogP contribution in [-0.2, 0) is 23.6 Å². The highest BCUT2D eigenvalue weighted by atomic mass is 19.4. The van der Waals surface area contributed by atoms with Crippen molar-refractivity contribution in [2.75, 3.05) is 0 Å². The Labute approximate surface area is 225 Å². The van der Waals surface area contributed by atoms with E-state index in [1.165, 1.54) is 6.07 Å². The van der Waals surface area contributed by atoms with E-state index >= 15 is 0 Å². The van der Waals surface area contributed by atoms with E-state index < -0.39 is 29.4 Å². The highest BCUT2D eigenvalue weighted by Crippen LogP contribution is 2.40. The van der Waals surface area contributed by atoms with Crippen LogP contribution in [0.15, 0.2) is 84.9 Å². The normalized spacial score (nSPS) is 11.8. The first-order chi connectivity index (χ1) is 18.8. The Morgan fingerprint density at radius 2 is 1.32 bits per heavy atom. The molecule has 10 heteroatoms. The molecule has 0 unspecified atom stereocenters. The van der Waals surface area contributed by atoms with Crippen molar-refractivity contribution in [2.24, 2.45) is 0 Å². The van der Waals surface area contributed by atoms with Gasteiger partial charge >= 0.3 is 18.3 Å². The molecule has 208 valence electrons. The molecule has 40 heavy (non-hydrogen) atoms. The van der Waals surface area contributed by atoms with Crippen molar-refractivity contribution in [2.45, 2.75) is 32.1 Å². The van der Waals surface area contributed by atoms with Crippen molar-refractivity contribution in [3.05, 3.63) is 107 Å². The number of halogens is 6. The standard InChI is InChI=1S/C30H22F6O4/c1-18-15-25(12-7-19(18)8-14-28(37)38)39-23-3-2-4-24(17-23)40-27-13-11-22(30(34,35)36)16-26(27)20-5-9-21(10-6-20)29(31,32)33/h2-7,9-13,15-17H,8,14H2,1H3,(H,37,38). The Morgan fingerprint density at radius 1 is 0.725 bits per heavy atom. The van der Waals surface area contributed by atoms with Crippen LogP contribution >= 0.6 is 0 Å². The summed E-state index contributed by atoms with van der Waals surface area (Å²) < 4.78 is 91.0. The Kier molecular flexibility index (Phi) is 8.08. The number of hydrogen-bond donors (Lipinski definition) is 1. The van der Waals surface area contributed by atoms with E-state index in [0.717, 1.165) is 53.6 Å². The molecule has 0 amide bonds. The van der Waals surface area contributed by atoms with Crippen molar-refractivity contribution < 1.29 is 45.7 Å². The van der Waals surface area contributed by atoms with Crippen LogP contribution in [0.3, 0.4) is 0 Å². The summed E-state index contributed by atoms with van der Waals surface area (Å²) >= 11 is 0. The topological polar surface area (TPSA) is 55.8 Å². The first-order valence-corrected chi connectivity index (χ1v) is 12.0. The largest absolute Gasteiger partial charge is 0.481 e. The molecule has 0 heterocycles. The van der Waals surface area contributed by atoms with Crippen molar-refractivity contribution in [1.82, 2.24) is 0 Å². The lowest BCUT2D eigenvalue weighted by Gasteiger charge is -2.16. The maximum Gasteiger partial charge on any atom is 0.416 e. The molecule has 0 radical (unpaired) electrons. The maximum absolute atomic E-state index is 13.4. The Morgan fingerprint density at radius 3 is 1.93 bits per heavy atom. The van der Waals surface area contributed by atoms with E-state index in [1.807, 2.05) is 6.92 Å². The maximum atomic E-state index is 13.4. The Bertz CT molecular complexity index is 1510. The van der Waals surface area contributed by atoms with Crippen LogP contribution in [0.5, 0.6) is 23.0 Å². The third kappa shape index (κ3) is 7.13. The quantitative estimate of drug-likeness (QED) is 0.218. The SMILES string of the molecule is Cc1cc(Oc2cccc(Oc3ccc(C(F)(F)F)cc3-c3ccc(C(F)(F)F)cc3)c2)ccc1CCC(=O)O. The van der Waals surface area contributed by atoms with Crippen molar-refractivity contribution >= 4 is 5.97 Å². The zero-order valence-electron chi connectivity index (χ0n) is 20.9. The van der Waals surface area contributed by atoms with Gasteiger partial charge in [-0.2, -0.15) is 26.3 Å². The fourth-order valence-electron chi connectivity index (χ4n) is 3.98. The van der Waals surface area contributed by atoms with Gasteiger partial charge in [0.2, 0.25) is 0 Å². The summed E-state index contributed by atoms with van der Waals surface area (Å²) in [6, 6.07) is 18.1. The molecule has 0 bridgehead atoms. The summed E-state index contributed by atoms with van der Waals surface area (Å²) in [6.07, 6.45) is -8.89. The van der Waals surface area contributed by atoms with Gasteiger partial charge in [-0.05, 0) is 84.6 Å². The zero-order valence-corrected chi connectivity index (χ0v) is 20.9. The fourth-order valence-corrected chi connectivity index (χ4v) is 3.98. The van der Waals surface area contributed by atoms with E-state index in [-0.39, 0.29) is 29.0 Å². The number of carboxylic acid groups (broad SMARTS) is 1. The molecule has 0 saturated heterocycles. The van der Waals surface area contributed by atoms with Crippen LogP contribution in [0, 0.1) is 6.92 Å². The second-order valence-corrected chi connectivity index (χ2v) is 8.94. The minimum Gasteiger partial charge on any atom is -0.481 e. The first kappa shape index (κ1) is 28.5. The van der Waals surface area contributed by atoms with E-state index in [9.17, 15) is 31.1 Å². The monoisotopic (exact) mass is 560 g/mol. The third-order valence-corrected chi connectivity index (χ3v) is 6.02. The number of rotatable bonds is 8. The van der Waals surface area contributed by atoms with E-state index in [4.69, 9.17) is 14.6 Å². The van der Waals surface area contributed by atoms with Crippen LogP contribution in [-0.4, -0.2) is 11.1 Å². The average molecular weight is 560 g/mol. The minimum absolute atomic E-state index is 0.00115. The van der Waals surface area contributed by atoms with Gasteiger partial charge in [-0.1, -0.05) is 24.3 Å². The minimum atomic E-state index is -4.67. The van der Waals surface area contributed by atoms with Crippen molar-refractivity contribution in [3.63, 3.8) is 0 Å². The average Bonchev–Trinajstić information content (AvgIpc) is 2.87. The van der Waals surface area contributed by atoms with Crippen LogP contribution in [0.1, 0.15) is 28.7 Å². The molecule has 0 atom stereocenters. The Hall–Kier alpha value is -4.47. The molecule has 0 aliphatic heterocycles. The molecule has 0 fully saturated rings. The summed E-state index contributed by atoms with van der Waals surface area (Å²) in [6.45, 7) is 1.83. The number of ether oxygens (including phenoxy) is 2. The van der Waals surface area contributed by atoms with Crippen LogP contribution in [0.4, 0.5) is 26.3 Å². The Balaban J connectivity index is 1.60. The summed E-state index contributed by atoms with van der Waals surface area (Å²) in [5, 5.41) is 8.89. The van der Waals surface area contributed by atoms with Gasteiger partial charge in [-0.25, -0.2) is 0 Å². The lowest BCUT2D eigenvalue weighted by atomic mass is 10.00. The molecule has 0 aliphatic rings. The molecule has 0 aliphatic carbocycles. The van der Waals surface area contributed by atoms with Gasteiger partial charge in [-0.3, -0.25) is 4.79 Å². The van der Waals surface area contributed by atoms with Crippen molar-refractivity contribution in [3.8, 4) is 34.1 Å². The van der Waals surface area contributed by atoms with Gasteiger partial charge in [0.15, 0.2) is 0 Å². The van der Waals surface area contributed by atoms with E-state index in [1.54, 1.807) is 36.4 Å². The van der Waals surface area contributed by atoms with Gasteiger partial charge in [-0.15, -0.1) is 0 Å². The summed E-state index contributed by atoms with van der Waals surface area (Å²) in [5.41, 5.74) is -0.126. The van der Waals surface area contributed by atoms with E-state index in [2.05, 4.69) is 0 Å². The summed E-state index contributed by atoms with van der Waals surface area (Å²) in [4.78, 5) is 10.8. The third-order valence-electron chi connectivity index (χ3n) is 6.02. The second kappa shape index (κ2) is 11.3. The lowest BCUT2D eigenvalue weighted by Crippen LogP contribution is -2.06. The summed E-state index contributed by atoms with van der Waals surface area (Å²) in [7, 11) is 0. The van der Waals surface area contributed by atoms with Crippen LogP contribution < -0.4 is 9.47 Å². The van der Waals surface area contributed by atoms with Gasteiger partial charge in [0.05, 0.1) is 11.1 Å². The molecular formula is C30H22F6O4. The van der Waals surface area contributed by atoms with Gasteiger partial charge < -0.3 is 14.6 Å². The zero-order chi connectivity index (χ0) is 29.1. The number of carboxylic acids is 1. The van der Waals surface area contributed by atoms with Crippen LogP contribution in [0.2, 0.25) is 0 Å². The lowest BCUT2D eigenvalue weighted by molar-refractivity contribution is -0.138. The molecule has 1 N–H and O–H groups in total. The van der Waals surface area contributed by atoms with Crippen molar-refractivity contribution in [1.29, 1.82) is 0 Å².